The monoisotopic (exact) mass is 373 g/mol. The van der Waals surface area contributed by atoms with Crippen LogP contribution in [-0.4, -0.2) is 46.4 Å². The first-order chi connectivity index (χ1) is 12.7. The van der Waals surface area contributed by atoms with Crippen LogP contribution in [0.25, 0.3) is 0 Å². The fourth-order valence-electron chi connectivity index (χ4n) is 3.03. The molecular formula is C18H20FN5OS. The Bertz CT molecular complexity index is 855. The quantitative estimate of drug-likeness (QED) is 0.685. The van der Waals surface area contributed by atoms with Gasteiger partial charge in [-0.1, -0.05) is 28.6 Å². The number of benzene rings is 1. The van der Waals surface area contributed by atoms with Crippen molar-refractivity contribution in [2.45, 2.75) is 19.9 Å². The number of hydrogen-bond donors (Lipinski definition) is 0. The van der Waals surface area contributed by atoms with Crippen molar-refractivity contribution < 1.29 is 8.91 Å². The minimum absolute atomic E-state index is 0.218. The van der Waals surface area contributed by atoms with E-state index in [1.165, 1.54) is 12.1 Å². The highest BCUT2D eigenvalue weighted by Crippen LogP contribution is 2.24. The van der Waals surface area contributed by atoms with Crippen LogP contribution < -0.4 is 4.90 Å². The molecule has 26 heavy (non-hydrogen) atoms. The maximum absolute atomic E-state index is 13.0. The van der Waals surface area contributed by atoms with E-state index in [-0.39, 0.29) is 5.82 Å². The number of rotatable bonds is 5. The van der Waals surface area contributed by atoms with Gasteiger partial charge in [0.1, 0.15) is 10.8 Å². The number of aromatic nitrogens is 3. The summed E-state index contributed by atoms with van der Waals surface area (Å²) in [7, 11) is 0. The molecule has 8 heteroatoms. The molecule has 2 aromatic heterocycles. The predicted molar refractivity (Wildman–Crippen MR) is 97.8 cm³/mol. The summed E-state index contributed by atoms with van der Waals surface area (Å²) in [4.78, 5) is 4.63. The van der Waals surface area contributed by atoms with E-state index in [9.17, 15) is 4.39 Å². The third-order valence-corrected chi connectivity index (χ3v) is 5.41. The van der Waals surface area contributed by atoms with Gasteiger partial charge in [0, 0.05) is 38.7 Å². The lowest BCUT2D eigenvalue weighted by atomic mass is 10.2. The van der Waals surface area contributed by atoms with Crippen molar-refractivity contribution in [2.24, 2.45) is 0 Å². The second-order valence-corrected chi connectivity index (χ2v) is 7.52. The summed E-state index contributed by atoms with van der Waals surface area (Å²) in [6.45, 7) is 6.46. The molecule has 0 unspecified atom stereocenters. The van der Waals surface area contributed by atoms with E-state index < -0.39 is 0 Å². The predicted octanol–water partition coefficient (Wildman–Crippen LogP) is 2.89. The third-order valence-electron chi connectivity index (χ3n) is 4.42. The normalized spacial score (nSPS) is 15.5. The zero-order chi connectivity index (χ0) is 17.9. The molecule has 0 radical (unpaired) electrons. The second-order valence-electron chi connectivity index (χ2n) is 6.48. The van der Waals surface area contributed by atoms with Crippen LogP contribution in [0.5, 0.6) is 0 Å². The zero-order valence-electron chi connectivity index (χ0n) is 14.6. The van der Waals surface area contributed by atoms with Crippen molar-refractivity contribution in [1.82, 2.24) is 20.3 Å². The molecule has 0 amide bonds. The molecule has 0 aliphatic carbocycles. The van der Waals surface area contributed by atoms with Crippen molar-refractivity contribution in [3.63, 3.8) is 0 Å². The average Bonchev–Trinajstić information content (AvgIpc) is 3.27. The lowest BCUT2D eigenvalue weighted by molar-refractivity contribution is 0.219. The Morgan fingerprint density at radius 2 is 1.88 bits per heavy atom. The molecule has 3 heterocycles. The first-order valence-electron chi connectivity index (χ1n) is 8.62. The average molecular weight is 373 g/mol. The van der Waals surface area contributed by atoms with Crippen LogP contribution in [0, 0.1) is 12.7 Å². The highest BCUT2D eigenvalue weighted by atomic mass is 32.1. The number of halogens is 1. The molecule has 1 aromatic carbocycles. The van der Waals surface area contributed by atoms with E-state index in [0.717, 1.165) is 59.9 Å². The van der Waals surface area contributed by atoms with Gasteiger partial charge in [-0.05, 0) is 24.6 Å². The molecule has 6 nitrogen and oxygen atoms in total. The number of hydrogen-bond acceptors (Lipinski definition) is 7. The van der Waals surface area contributed by atoms with Crippen LogP contribution in [0.3, 0.4) is 0 Å². The fourth-order valence-corrected chi connectivity index (χ4v) is 3.95. The van der Waals surface area contributed by atoms with Gasteiger partial charge in [-0.25, -0.2) is 4.39 Å². The highest BCUT2D eigenvalue weighted by Gasteiger charge is 2.21. The van der Waals surface area contributed by atoms with Gasteiger partial charge in [-0.2, -0.15) is 0 Å². The number of piperazine rings is 1. The second kappa shape index (κ2) is 7.51. The maximum atomic E-state index is 13.0. The van der Waals surface area contributed by atoms with Gasteiger partial charge in [-0.15, -0.1) is 10.2 Å². The topological polar surface area (TPSA) is 58.3 Å². The Labute approximate surface area is 155 Å². The van der Waals surface area contributed by atoms with Crippen LogP contribution in [0.1, 0.15) is 22.0 Å². The first kappa shape index (κ1) is 17.1. The molecule has 1 fully saturated rings. The Balaban J connectivity index is 1.32. The van der Waals surface area contributed by atoms with Gasteiger partial charge in [0.15, 0.2) is 5.76 Å². The summed E-state index contributed by atoms with van der Waals surface area (Å²) in [5.41, 5.74) is 1.96. The molecule has 0 N–H and O–H groups in total. The molecular weight excluding hydrogens is 353 g/mol. The molecule has 1 saturated heterocycles. The maximum Gasteiger partial charge on any atom is 0.208 e. The van der Waals surface area contributed by atoms with E-state index in [1.807, 2.05) is 13.0 Å². The molecule has 0 saturated carbocycles. The Morgan fingerprint density at radius 1 is 1.12 bits per heavy atom. The molecule has 4 rings (SSSR count). The molecule has 0 bridgehead atoms. The number of nitrogens with zero attached hydrogens (tertiary/aromatic N) is 5. The first-order valence-corrected chi connectivity index (χ1v) is 9.44. The Morgan fingerprint density at radius 3 is 2.58 bits per heavy atom. The molecule has 136 valence electrons. The van der Waals surface area contributed by atoms with E-state index in [4.69, 9.17) is 4.52 Å². The third kappa shape index (κ3) is 4.08. The lowest BCUT2D eigenvalue weighted by Gasteiger charge is -2.33. The standard InChI is InChI=1S/C18H20FN5OS/c1-13-10-16(25-22-13)12-23-6-8-24(9-7-23)18-21-20-17(26-18)11-14-2-4-15(19)5-3-14/h2-5,10H,6-9,11-12H2,1H3. The van der Waals surface area contributed by atoms with E-state index in [0.29, 0.717) is 6.42 Å². The van der Waals surface area contributed by atoms with Crippen molar-refractivity contribution >= 4 is 16.5 Å². The summed E-state index contributed by atoms with van der Waals surface area (Å²) in [6.07, 6.45) is 0.683. The summed E-state index contributed by atoms with van der Waals surface area (Å²) >= 11 is 1.61. The number of anilines is 1. The van der Waals surface area contributed by atoms with Crippen molar-refractivity contribution in [2.75, 3.05) is 31.1 Å². The highest BCUT2D eigenvalue weighted by molar-refractivity contribution is 7.15. The lowest BCUT2D eigenvalue weighted by Crippen LogP contribution is -2.45. The molecule has 0 spiro atoms. The van der Waals surface area contributed by atoms with Crippen molar-refractivity contribution in [3.05, 3.63) is 58.2 Å². The van der Waals surface area contributed by atoms with Gasteiger partial charge < -0.3 is 9.42 Å². The van der Waals surface area contributed by atoms with Crippen LogP contribution in [0.4, 0.5) is 9.52 Å². The minimum Gasteiger partial charge on any atom is -0.360 e. The largest absolute Gasteiger partial charge is 0.360 e. The summed E-state index contributed by atoms with van der Waals surface area (Å²) in [5.74, 6) is 0.693. The van der Waals surface area contributed by atoms with Gasteiger partial charge in [0.05, 0.1) is 12.2 Å². The van der Waals surface area contributed by atoms with Gasteiger partial charge >= 0.3 is 0 Å². The Hall–Kier alpha value is -2.32. The molecule has 3 aromatic rings. The van der Waals surface area contributed by atoms with Crippen LogP contribution in [0.2, 0.25) is 0 Å². The van der Waals surface area contributed by atoms with Gasteiger partial charge in [0.2, 0.25) is 5.13 Å². The zero-order valence-corrected chi connectivity index (χ0v) is 15.4. The summed E-state index contributed by atoms with van der Waals surface area (Å²) in [5, 5.41) is 14.5. The summed E-state index contributed by atoms with van der Waals surface area (Å²) < 4.78 is 18.3. The van der Waals surface area contributed by atoms with Gasteiger partial charge in [-0.3, -0.25) is 4.90 Å². The molecule has 0 atom stereocenters. The molecule has 1 aliphatic heterocycles. The van der Waals surface area contributed by atoms with Gasteiger partial charge in [0.25, 0.3) is 0 Å². The Kier molecular flexibility index (Phi) is 4.94. The van der Waals surface area contributed by atoms with Crippen LogP contribution in [0.15, 0.2) is 34.9 Å². The smallest absolute Gasteiger partial charge is 0.208 e. The van der Waals surface area contributed by atoms with E-state index in [1.54, 1.807) is 23.5 Å². The SMILES string of the molecule is Cc1cc(CN2CCN(c3nnc(Cc4ccc(F)cc4)s3)CC2)on1. The van der Waals surface area contributed by atoms with Crippen molar-refractivity contribution in [1.29, 1.82) is 0 Å². The molecule has 1 aliphatic rings. The van der Waals surface area contributed by atoms with E-state index in [2.05, 4.69) is 25.2 Å². The number of aryl methyl sites for hydroxylation is 1. The van der Waals surface area contributed by atoms with Crippen LogP contribution in [-0.2, 0) is 13.0 Å². The fraction of sp³-hybridized carbons (Fsp3) is 0.389. The van der Waals surface area contributed by atoms with E-state index >= 15 is 0 Å². The minimum atomic E-state index is -0.218. The van der Waals surface area contributed by atoms with Crippen LogP contribution >= 0.6 is 11.3 Å². The summed E-state index contributed by atoms with van der Waals surface area (Å²) in [6, 6.07) is 8.53. The van der Waals surface area contributed by atoms with Crippen molar-refractivity contribution in [3.8, 4) is 0 Å².